The molecular weight excluding hydrogens is 462 g/mol. The minimum atomic E-state index is -0.204. The van der Waals surface area contributed by atoms with Gasteiger partial charge in [-0.05, 0) is 60.1 Å². The van der Waals surface area contributed by atoms with Crippen LogP contribution in [0, 0.1) is 11.3 Å². The van der Waals surface area contributed by atoms with Crippen molar-refractivity contribution >= 4 is 40.6 Å². The Balaban J connectivity index is 1.39. The van der Waals surface area contributed by atoms with Gasteiger partial charge in [-0.3, -0.25) is 9.69 Å². The lowest BCUT2D eigenvalue weighted by molar-refractivity contribution is 0.0964. The molecule has 35 heavy (non-hydrogen) atoms. The lowest BCUT2D eigenvalue weighted by Gasteiger charge is -2.27. The molecule has 178 valence electrons. The van der Waals surface area contributed by atoms with Crippen molar-refractivity contribution in [1.29, 1.82) is 5.26 Å². The zero-order valence-corrected chi connectivity index (χ0v) is 20.1. The molecule has 2 bridgehead atoms. The topological polar surface area (TPSA) is 106 Å². The summed E-state index contributed by atoms with van der Waals surface area (Å²) in [7, 11) is 1.59. The van der Waals surface area contributed by atoms with E-state index in [9.17, 15) is 4.79 Å². The van der Waals surface area contributed by atoms with Crippen molar-refractivity contribution in [3.63, 3.8) is 0 Å². The molecular formula is C26H26ClN7O. The minimum absolute atomic E-state index is 0.204. The molecule has 1 aliphatic carbocycles. The molecule has 0 saturated carbocycles. The third-order valence-corrected chi connectivity index (χ3v) is 7.01. The van der Waals surface area contributed by atoms with Crippen molar-refractivity contribution in [1.82, 2.24) is 20.2 Å². The number of fused-ring (bicyclic) bond motifs is 3. The molecule has 9 heteroatoms. The molecule has 3 heterocycles. The van der Waals surface area contributed by atoms with E-state index < -0.39 is 0 Å². The predicted octanol–water partition coefficient (Wildman–Crippen LogP) is 4.78. The van der Waals surface area contributed by atoms with Gasteiger partial charge in [-0.2, -0.15) is 10.2 Å². The molecule has 1 aromatic heterocycles. The molecule has 1 fully saturated rings. The van der Waals surface area contributed by atoms with Gasteiger partial charge in [-0.1, -0.05) is 29.8 Å². The molecule has 2 aromatic carbocycles. The summed E-state index contributed by atoms with van der Waals surface area (Å²) in [5.74, 6) is 1.49. The normalized spacial score (nSPS) is 18.8. The summed E-state index contributed by atoms with van der Waals surface area (Å²) in [4.78, 5) is 23.4. The highest BCUT2D eigenvalue weighted by molar-refractivity contribution is 6.33. The van der Waals surface area contributed by atoms with E-state index in [1.165, 1.54) is 23.7 Å². The fraction of sp³-hybridized carbons (Fsp3) is 0.308. The number of nitrogens with one attached hydrogen (secondary N) is 3. The second-order valence-electron chi connectivity index (χ2n) is 8.93. The standard InChI is InChI=1S/C26H26ClN7O/c1-29-25(35)20-4-2-3-5-23(20)32-24-22(27)13-30-26(33-24)31-18-8-9-19-16-6-7-17(21(19)12-18)15-34(14-16)11-10-28/h2-5,8-9,12-13,16-17H,6-7,11,14-15H2,1H3,(H,29,35)(H2,30,31,32,33). The third kappa shape index (κ3) is 4.78. The van der Waals surface area contributed by atoms with Crippen molar-refractivity contribution in [2.75, 3.05) is 37.3 Å². The largest absolute Gasteiger partial charge is 0.355 e. The maximum atomic E-state index is 12.2. The van der Waals surface area contributed by atoms with Gasteiger partial charge in [0.25, 0.3) is 5.91 Å². The van der Waals surface area contributed by atoms with Crippen molar-refractivity contribution in [3.8, 4) is 6.07 Å². The fourth-order valence-corrected chi connectivity index (χ4v) is 5.23. The third-order valence-electron chi connectivity index (χ3n) is 6.73. The number of hydrogen-bond donors (Lipinski definition) is 3. The lowest BCUT2D eigenvalue weighted by Crippen LogP contribution is -2.27. The summed E-state index contributed by atoms with van der Waals surface area (Å²) < 4.78 is 0. The number of benzene rings is 2. The van der Waals surface area contributed by atoms with E-state index in [-0.39, 0.29) is 5.91 Å². The van der Waals surface area contributed by atoms with Crippen LogP contribution >= 0.6 is 11.6 Å². The first kappa shape index (κ1) is 23.1. The van der Waals surface area contributed by atoms with Gasteiger partial charge in [0, 0.05) is 25.8 Å². The van der Waals surface area contributed by atoms with Crippen LogP contribution < -0.4 is 16.0 Å². The Kier molecular flexibility index (Phi) is 6.53. The number of aromatic nitrogens is 2. The molecule has 3 aromatic rings. The van der Waals surface area contributed by atoms with Crippen LogP contribution in [0.1, 0.15) is 46.2 Å². The Bertz CT molecular complexity index is 1310. The highest BCUT2D eigenvalue weighted by Gasteiger charge is 2.33. The number of amides is 1. The molecule has 2 aliphatic heterocycles. The monoisotopic (exact) mass is 487 g/mol. The molecule has 3 aliphatic rings. The number of rotatable bonds is 6. The van der Waals surface area contributed by atoms with E-state index >= 15 is 0 Å². The average molecular weight is 488 g/mol. The average Bonchev–Trinajstić information content (AvgIpc) is 3.16. The maximum Gasteiger partial charge on any atom is 0.253 e. The lowest BCUT2D eigenvalue weighted by atomic mass is 9.78. The Morgan fingerprint density at radius 3 is 2.69 bits per heavy atom. The summed E-state index contributed by atoms with van der Waals surface area (Å²) in [6.45, 7) is 2.33. The van der Waals surface area contributed by atoms with Crippen LogP contribution in [0.5, 0.6) is 0 Å². The zero-order valence-electron chi connectivity index (χ0n) is 19.4. The van der Waals surface area contributed by atoms with E-state index in [0.29, 0.717) is 46.4 Å². The number of halogens is 1. The first-order valence-corrected chi connectivity index (χ1v) is 12.0. The van der Waals surface area contributed by atoms with Crippen molar-refractivity contribution in [3.05, 3.63) is 70.4 Å². The molecule has 2 unspecified atom stereocenters. The molecule has 0 radical (unpaired) electrons. The van der Waals surface area contributed by atoms with Crippen molar-refractivity contribution < 1.29 is 4.79 Å². The van der Waals surface area contributed by atoms with Gasteiger partial charge in [-0.25, -0.2) is 4.98 Å². The Labute approximate surface area is 209 Å². The molecule has 2 atom stereocenters. The van der Waals surface area contributed by atoms with Gasteiger partial charge in [0.2, 0.25) is 5.95 Å². The second-order valence-corrected chi connectivity index (χ2v) is 9.34. The van der Waals surface area contributed by atoms with E-state index in [1.54, 1.807) is 25.2 Å². The number of nitriles is 1. The fourth-order valence-electron chi connectivity index (χ4n) is 5.09. The Morgan fingerprint density at radius 1 is 1.14 bits per heavy atom. The van der Waals surface area contributed by atoms with E-state index in [0.717, 1.165) is 25.2 Å². The van der Waals surface area contributed by atoms with E-state index in [2.05, 4.69) is 55.1 Å². The second kappa shape index (κ2) is 9.90. The first-order chi connectivity index (χ1) is 17.1. The predicted molar refractivity (Wildman–Crippen MR) is 137 cm³/mol. The molecule has 0 spiro atoms. The van der Waals surface area contributed by atoms with Gasteiger partial charge < -0.3 is 16.0 Å². The number of anilines is 4. The highest BCUT2D eigenvalue weighted by atomic mass is 35.5. The van der Waals surface area contributed by atoms with Crippen LogP contribution in [0.2, 0.25) is 5.02 Å². The number of nitrogens with zero attached hydrogens (tertiary/aromatic N) is 4. The summed E-state index contributed by atoms with van der Waals surface area (Å²) in [5, 5.41) is 18.6. The van der Waals surface area contributed by atoms with Gasteiger partial charge in [0.1, 0.15) is 5.02 Å². The van der Waals surface area contributed by atoms with E-state index in [1.807, 2.05) is 6.07 Å². The number of hydrogen-bond acceptors (Lipinski definition) is 7. The first-order valence-electron chi connectivity index (χ1n) is 11.7. The Hall–Kier alpha value is -3.67. The quantitative estimate of drug-likeness (QED) is 0.430. The smallest absolute Gasteiger partial charge is 0.253 e. The van der Waals surface area contributed by atoms with Crippen LogP contribution in [0.3, 0.4) is 0 Å². The molecule has 3 N–H and O–H groups in total. The Morgan fingerprint density at radius 2 is 1.91 bits per heavy atom. The van der Waals surface area contributed by atoms with Gasteiger partial charge in [-0.15, -0.1) is 0 Å². The minimum Gasteiger partial charge on any atom is -0.355 e. The summed E-state index contributed by atoms with van der Waals surface area (Å²) in [5.41, 5.74) is 4.73. The number of para-hydroxylation sites is 1. The SMILES string of the molecule is CNC(=O)c1ccccc1Nc1nc(Nc2ccc3c(c2)C2CCC3CN(CC#N)C2)ncc1Cl. The maximum absolute atomic E-state index is 12.2. The highest BCUT2D eigenvalue weighted by Crippen LogP contribution is 2.43. The molecule has 1 amide bonds. The number of carbonyl (C=O) groups excluding carboxylic acids is 1. The van der Waals surface area contributed by atoms with Crippen LogP contribution in [-0.4, -0.2) is 47.5 Å². The number of carbonyl (C=O) groups is 1. The van der Waals surface area contributed by atoms with Crippen LogP contribution in [0.15, 0.2) is 48.7 Å². The zero-order chi connectivity index (χ0) is 24.4. The summed E-state index contributed by atoms with van der Waals surface area (Å²) in [6, 6.07) is 15.9. The van der Waals surface area contributed by atoms with Gasteiger partial charge >= 0.3 is 0 Å². The van der Waals surface area contributed by atoms with Crippen molar-refractivity contribution in [2.24, 2.45) is 0 Å². The van der Waals surface area contributed by atoms with Gasteiger partial charge in [0.05, 0.1) is 30.1 Å². The van der Waals surface area contributed by atoms with Crippen LogP contribution in [0.25, 0.3) is 0 Å². The van der Waals surface area contributed by atoms with E-state index in [4.69, 9.17) is 16.9 Å². The molecule has 6 rings (SSSR count). The van der Waals surface area contributed by atoms with Crippen LogP contribution in [-0.2, 0) is 0 Å². The van der Waals surface area contributed by atoms with Gasteiger partial charge in [0.15, 0.2) is 5.82 Å². The summed E-state index contributed by atoms with van der Waals surface area (Å²) >= 11 is 6.37. The summed E-state index contributed by atoms with van der Waals surface area (Å²) in [6.07, 6.45) is 3.84. The molecule has 1 saturated heterocycles. The van der Waals surface area contributed by atoms with Crippen molar-refractivity contribution in [2.45, 2.75) is 24.7 Å². The molecule has 8 nitrogen and oxygen atoms in total. The van der Waals surface area contributed by atoms with Crippen LogP contribution in [0.4, 0.5) is 23.1 Å².